The van der Waals surface area contributed by atoms with Crippen LogP contribution in [0.3, 0.4) is 0 Å². The van der Waals surface area contributed by atoms with Crippen molar-refractivity contribution in [3.8, 4) is 5.75 Å². The van der Waals surface area contributed by atoms with E-state index in [9.17, 15) is 4.39 Å². The summed E-state index contributed by atoms with van der Waals surface area (Å²) >= 11 is 3.40. The van der Waals surface area contributed by atoms with Crippen LogP contribution in [0, 0.1) is 5.82 Å². The highest BCUT2D eigenvalue weighted by molar-refractivity contribution is 9.10. The third kappa shape index (κ3) is 3.47. The van der Waals surface area contributed by atoms with Gasteiger partial charge in [-0.05, 0) is 36.8 Å². The fourth-order valence-electron chi connectivity index (χ4n) is 1.84. The van der Waals surface area contributed by atoms with Gasteiger partial charge in [0.15, 0.2) is 11.6 Å². The number of halogens is 2. The van der Waals surface area contributed by atoms with E-state index in [0.29, 0.717) is 0 Å². The highest BCUT2D eigenvalue weighted by Gasteiger charge is 2.08. The summed E-state index contributed by atoms with van der Waals surface area (Å²) in [4.78, 5) is 0. The van der Waals surface area contributed by atoms with Gasteiger partial charge < -0.3 is 10.1 Å². The molecule has 0 aliphatic rings. The van der Waals surface area contributed by atoms with E-state index in [0.717, 1.165) is 15.7 Å². The number of ether oxygens (including phenoxy) is 1. The first-order valence-electron chi connectivity index (χ1n) is 5.95. The van der Waals surface area contributed by atoms with Crippen LogP contribution in [0.1, 0.15) is 18.5 Å². The second kappa shape index (κ2) is 6.06. The summed E-state index contributed by atoms with van der Waals surface area (Å²) in [6.45, 7) is 2.03. The fraction of sp³-hybridized carbons (Fsp3) is 0.200. The van der Waals surface area contributed by atoms with Gasteiger partial charge in [0.05, 0.1) is 7.11 Å². The van der Waals surface area contributed by atoms with Gasteiger partial charge in [-0.2, -0.15) is 0 Å². The minimum atomic E-state index is -0.365. The van der Waals surface area contributed by atoms with E-state index in [4.69, 9.17) is 4.74 Å². The number of nitrogens with one attached hydrogen (secondary N) is 1. The lowest BCUT2D eigenvalue weighted by atomic mass is 10.1. The Kier molecular flexibility index (Phi) is 4.43. The normalized spacial score (nSPS) is 12.0. The molecule has 1 N–H and O–H groups in total. The Labute approximate surface area is 120 Å². The molecule has 0 aliphatic heterocycles. The van der Waals surface area contributed by atoms with Crippen molar-refractivity contribution in [1.82, 2.24) is 0 Å². The van der Waals surface area contributed by atoms with Crippen LogP contribution in [0.25, 0.3) is 0 Å². The molecule has 2 nitrogen and oxygen atoms in total. The van der Waals surface area contributed by atoms with Crippen molar-refractivity contribution < 1.29 is 9.13 Å². The topological polar surface area (TPSA) is 21.3 Å². The molecule has 1 atom stereocenters. The summed E-state index contributed by atoms with van der Waals surface area (Å²) in [5.74, 6) is -0.114. The Hall–Kier alpha value is -1.55. The van der Waals surface area contributed by atoms with E-state index in [1.165, 1.54) is 13.2 Å². The number of rotatable bonds is 4. The molecule has 0 heterocycles. The van der Waals surface area contributed by atoms with Gasteiger partial charge in [-0.1, -0.05) is 28.1 Å². The maximum atomic E-state index is 13.6. The lowest BCUT2D eigenvalue weighted by Crippen LogP contribution is -2.06. The van der Waals surface area contributed by atoms with Crippen molar-refractivity contribution >= 4 is 21.6 Å². The number of anilines is 1. The van der Waals surface area contributed by atoms with Crippen LogP contribution in [0.15, 0.2) is 46.9 Å². The van der Waals surface area contributed by atoms with Crippen molar-refractivity contribution in [3.63, 3.8) is 0 Å². The van der Waals surface area contributed by atoms with Crippen molar-refractivity contribution in [2.24, 2.45) is 0 Å². The Morgan fingerprint density at radius 1 is 1.16 bits per heavy atom. The number of hydrogen-bond acceptors (Lipinski definition) is 2. The maximum absolute atomic E-state index is 13.6. The molecular formula is C15H15BrFNO. The predicted molar refractivity (Wildman–Crippen MR) is 79.1 cm³/mol. The summed E-state index contributed by atoms with van der Waals surface area (Å²) in [7, 11) is 1.45. The van der Waals surface area contributed by atoms with Crippen molar-refractivity contribution in [2.75, 3.05) is 12.4 Å². The van der Waals surface area contributed by atoms with E-state index >= 15 is 0 Å². The zero-order valence-corrected chi connectivity index (χ0v) is 12.4. The van der Waals surface area contributed by atoms with Crippen LogP contribution >= 0.6 is 15.9 Å². The Bertz CT molecular complexity index is 557. The first-order valence-corrected chi connectivity index (χ1v) is 6.75. The van der Waals surface area contributed by atoms with Crippen LogP contribution in [-0.2, 0) is 0 Å². The molecule has 19 heavy (non-hydrogen) atoms. The number of hydrogen-bond donors (Lipinski definition) is 1. The highest BCUT2D eigenvalue weighted by atomic mass is 79.9. The van der Waals surface area contributed by atoms with Crippen LogP contribution in [0.2, 0.25) is 0 Å². The molecule has 2 aromatic carbocycles. The molecule has 100 valence electrons. The second-order valence-electron chi connectivity index (χ2n) is 4.27. The predicted octanol–water partition coefficient (Wildman–Crippen LogP) is 4.77. The Morgan fingerprint density at radius 3 is 2.42 bits per heavy atom. The van der Waals surface area contributed by atoms with E-state index < -0.39 is 0 Å². The van der Waals surface area contributed by atoms with Gasteiger partial charge in [-0.3, -0.25) is 0 Å². The summed E-state index contributed by atoms with van der Waals surface area (Å²) in [5.41, 5.74) is 1.87. The second-order valence-corrected chi connectivity index (χ2v) is 5.18. The van der Waals surface area contributed by atoms with E-state index in [2.05, 4.69) is 21.2 Å². The largest absolute Gasteiger partial charge is 0.494 e. The lowest BCUT2D eigenvalue weighted by Gasteiger charge is -2.16. The molecule has 2 aromatic rings. The number of methoxy groups -OCH3 is 1. The molecule has 2 rings (SSSR count). The van der Waals surface area contributed by atoms with E-state index in [1.54, 1.807) is 12.1 Å². The molecule has 0 bridgehead atoms. The van der Waals surface area contributed by atoms with E-state index in [1.807, 2.05) is 31.2 Å². The van der Waals surface area contributed by atoms with Crippen LogP contribution in [-0.4, -0.2) is 7.11 Å². The first kappa shape index (κ1) is 13.9. The minimum Gasteiger partial charge on any atom is -0.494 e. The Morgan fingerprint density at radius 2 is 1.84 bits per heavy atom. The molecule has 0 spiro atoms. The molecule has 0 saturated heterocycles. The van der Waals surface area contributed by atoms with Gasteiger partial charge in [0.1, 0.15) is 0 Å². The SMILES string of the molecule is COc1ccc(NC(C)c2ccc(Br)cc2)cc1F. The molecular weight excluding hydrogens is 309 g/mol. The van der Waals surface area contributed by atoms with Crippen LogP contribution in [0.5, 0.6) is 5.75 Å². The first-order chi connectivity index (χ1) is 9.10. The molecule has 0 saturated carbocycles. The summed E-state index contributed by atoms with van der Waals surface area (Å²) < 4.78 is 19.5. The van der Waals surface area contributed by atoms with Crippen molar-refractivity contribution in [3.05, 3.63) is 58.3 Å². The molecule has 0 aromatic heterocycles. The number of benzene rings is 2. The molecule has 0 radical (unpaired) electrons. The summed E-state index contributed by atoms with van der Waals surface area (Å²) in [5, 5.41) is 3.26. The van der Waals surface area contributed by atoms with Gasteiger partial charge >= 0.3 is 0 Å². The van der Waals surface area contributed by atoms with Crippen molar-refractivity contribution in [2.45, 2.75) is 13.0 Å². The standard InChI is InChI=1S/C15H15BrFNO/c1-10(11-3-5-12(16)6-4-11)18-13-7-8-15(19-2)14(17)9-13/h3-10,18H,1-2H3. The molecule has 4 heteroatoms. The fourth-order valence-corrected chi connectivity index (χ4v) is 2.11. The average Bonchev–Trinajstić information content (AvgIpc) is 2.39. The summed E-state index contributed by atoms with van der Waals surface area (Å²) in [6, 6.07) is 13.0. The lowest BCUT2D eigenvalue weighted by molar-refractivity contribution is 0.386. The van der Waals surface area contributed by atoms with Crippen LogP contribution in [0.4, 0.5) is 10.1 Å². The molecule has 0 fully saturated rings. The van der Waals surface area contributed by atoms with Gasteiger partial charge in [0.25, 0.3) is 0 Å². The van der Waals surface area contributed by atoms with Crippen LogP contribution < -0.4 is 10.1 Å². The van der Waals surface area contributed by atoms with Gasteiger partial charge in [0.2, 0.25) is 0 Å². The average molecular weight is 324 g/mol. The highest BCUT2D eigenvalue weighted by Crippen LogP contribution is 2.25. The van der Waals surface area contributed by atoms with Gasteiger partial charge in [-0.15, -0.1) is 0 Å². The smallest absolute Gasteiger partial charge is 0.167 e. The van der Waals surface area contributed by atoms with E-state index in [-0.39, 0.29) is 17.6 Å². The maximum Gasteiger partial charge on any atom is 0.167 e. The Balaban J connectivity index is 2.12. The zero-order chi connectivity index (χ0) is 13.8. The molecule has 0 amide bonds. The third-order valence-corrected chi connectivity index (χ3v) is 3.43. The van der Waals surface area contributed by atoms with Gasteiger partial charge in [-0.25, -0.2) is 4.39 Å². The van der Waals surface area contributed by atoms with Gasteiger partial charge in [0, 0.05) is 22.3 Å². The zero-order valence-electron chi connectivity index (χ0n) is 10.8. The third-order valence-electron chi connectivity index (χ3n) is 2.90. The molecule has 0 aliphatic carbocycles. The quantitative estimate of drug-likeness (QED) is 0.875. The van der Waals surface area contributed by atoms with Crippen molar-refractivity contribution in [1.29, 1.82) is 0 Å². The minimum absolute atomic E-state index is 0.0981. The monoisotopic (exact) mass is 323 g/mol. The summed E-state index contributed by atoms with van der Waals surface area (Å²) in [6.07, 6.45) is 0. The molecule has 1 unspecified atom stereocenters.